The lowest BCUT2D eigenvalue weighted by molar-refractivity contribution is -0.138. The molecule has 0 saturated carbocycles. The fourth-order valence-corrected chi connectivity index (χ4v) is 2.74. The van der Waals surface area contributed by atoms with Crippen molar-refractivity contribution in [2.75, 3.05) is 0 Å². The second-order valence-electron chi connectivity index (χ2n) is 6.64. The molecule has 0 amide bonds. The van der Waals surface area contributed by atoms with Crippen LogP contribution in [-0.2, 0) is 9.53 Å². The van der Waals surface area contributed by atoms with Crippen LogP contribution in [-0.4, -0.2) is 5.97 Å². The highest BCUT2D eigenvalue weighted by atomic mass is 16.5. The van der Waals surface area contributed by atoms with Gasteiger partial charge in [0.15, 0.2) is 0 Å². The zero-order chi connectivity index (χ0) is 17.0. The van der Waals surface area contributed by atoms with Gasteiger partial charge in [-0.1, -0.05) is 90.9 Å². The molecule has 0 aromatic carbocycles. The van der Waals surface area contributed by atoms with Crippen molar-refractivity contribution in [3.05, 3.63) is 12.3 Å². The second-order valence-corrected chi connectivity index (χ2v) is 6.64. The van der Waals surface area contributed by atoms with Gasteiger partial charge in [0, 0.05) is 6.42 Å². The Morgan fingerprint density at radius 3 is 1.65 bits per heavy atom. The first-order chi connectivity index (χ1) is 11.3. The summed E-state index contributed by atoms with van der Waals surface area (Å²) in [5, 5.41) is 0. The molecule has 136 valence electrons. The zero-order valence-corrected chi connectivity index (χ0v) is 15.8. The molecule has 0 radical (unpaired) electrons. The van der Waals surface area contributed by atoms with Crippen LogP contribution in [0, 0.1) is 0 Å². The standard InChI is InChI=1S/C21H40O2/c1-3-5-6-7-8-9-10-11-12-13-14-15-16-17-18-20-23-21(22)19-4-2/h18,20H,3-17,19H2,1-2H3. The number of rotatable bonds is 17. The number of hydrogen-bond acceptors (Lipinski definition) is 2. The molecule has 0 aliphatic rings. The van der Waals surface area contributed by atoms with Gasteiger partial charge in [-0.2, -0.15) is 0 Å². The molecule has 0 N–H and O–H groups in total. The van der Waals surface area contributed by atoms with Crippen LogP contribution in [0.1, 0.15) is 117 Å². The zero-order valence-electron chi connectivity index (χ0n) is 15.8. The molecule has 0 aromatic heterocycles. The SMILES string of the molecule is CCCCCCCCCCCCCCCC=COC(=O)CCC. The molecule has 0 heterocycles. The summed E-state index contributed by atoms with van der Waals surface area (Å²) in [5.41, 5.74) is 0. The molecule has 0 unspecified atom stereocenters. The van der Waals surface area contributed by atoms with Gasteiger partial charge in [0.05, 0.1) is 6.26 Å². The largest absolute Gasteiger partial charge is 0.435 e. The molecule has 0 aliphatic carbocycles. The number of hydrogen-bond donors (Lipinski definition) is 0. The van der Waals surface area contributed by atoms with Crippen LogP contribution in [0.25, 0.3) is 0 Å². The highest BCUT2D eigenvalue weighted by Gasteiger charge is 1.96. The molecule has 0 rings (SSSR count). The van der Waals surface area contributed by atoms with E-state index in [4.69, 9.17) is 4.74 Å². The summed E-state index contributed by atoms with van der Waals surface area (Å²) in [6.07, 6.45) is 23.9. The smallest absolute Gasteiger partial charge is 0.310 e. The number of unbranched alkanes of at least 4 members (excludes halogenated alkanes) is 13. The van der Waals surface area contributed by atoms with Gasteiger partial charge in [-0.05, 0) is 25.3 Å². The van der Waals surface area contributed by atoms with Gasteiger partial charge in [0.2, 0.25) is 0 Å². The third-order valence-electron chi connectivity index (χ3n) is 4.22. The van der Waals surface area contributed by atoms with Crippen molar-refractivity contribution in [3.8, 4) is 0 Å². The number of allylic oxidation sites excluding steroid dienone is 1. The Morgan fingerprint density at radius 1 is 0.696 bits per heavy atom. The van der Waals surface area contributed by atoms with Gasteiger partial charge in [-0.3, -0.25) is 4.79 Å². The number of carbonyl (C=O) groups is 1. The van der Waals surface area contributed by atoms with Crippen LogP contribution < -0.4 is 0 Å². The predicted molar refractivity (Wildman–Crippen MR) is 100 cm³/mol. The molecule has 0 saturated heterocycles. The number of ether oxygens (including phenoxy) is 1. The molecule has 0 spiro atoms. The van der Waals surface area contributed by atoms with Crippen LogP contribution in [0.3, 0.4) is 0 Å². The van der Waals surface area contributed by atoms with Gasteiger partial charge >= 0.3 is 5.97 Å². The van der Waals surface area contributed by atoms with Gasteiger partial charge in [0.25, 0.3) is 0 Å². The first-order valence-corrected chi connectivity index (χ1v) is 10.2. The molecule has 0 aromatic rings. The fraction of sp³-hybridized carbons (Fsp3) is 0.857. The second kappa shape index (κ2) is 19.3. The normalized spacial score (nSPS) is 11.2. The van der Waals surface area contributed by atoms with Crippen LogP contribution >= 0.6 is 0 Å². The maximum atomic E-state index is 11.1. The van der Waals surface area contributed by atoms with Crippen molar-refractivity contribution in [3.63, 3.8) is 0 Å². The molecular weight excluding hydrogens is 284 g/mol. The quantitative estimate of drug-likeness (QED) is 0.159. The van der Waals surface area contributed by atoms with E-state index in [9.17, 15) is 4.79 Å². The fourth-order valence-electron chi connectivity index (χ4n) is 2.74. The van der Waals surface area contributed by atoms with Crippen molar-refractivity contribution in [1.82, 2.24) is 0 Å². The summed E-state index contributed by atoms with van der Waals surface area (Å²) in [6, 6.07) is 0. The van der Waals surface area contributed by atoms with Gasteiger partial charge in [-0.25, -0.2) is 0 Å². The average Bonchev–Trinajstić information content (AvgIpc) is 2.54. The topological polar surface area (TPSA) is 26.3 Å². The van der Waals surface area contributed by atoms with Crippen LogP contribution in [0.15, 0.2) is 12.3 Å². The van der Waals surface area contributed by atoms with E-state index < -0.39 is 0 Å². The minimum Gasteiger partial charge on any atom is -0.435 e. The van der Waals surface area contributed by atoms with E-state index in [-0.39, 0.29) is 5.97 Å². The van der Waals surface area contributed by atoms with Crippen LogP contribution in [0.2, 0.25) is 0 Å². The summed E-state index contributed by atoms with van der Waals surface area (Å²) in [6.45, 7) is 4.26. The molecule has 2 nitrogen and oxygen atoms in total. The van der Waals surface area contributed by atoms with E-state index in [0.29, 0.717) is 6.42 Å². The summed E-state index contributed by atoms with van der Waals surface area (Å²) in [4.78, 5) is 11.1. The summed E-state index contributed by atoms with van der Waals surface area (Å²) < 4.78 is 4.98. The van der Waals surface area contributed by atoms with E-state index in [2.05, 4.69) is 6.92 Å². The first-order valence-electron chi connectivity index (χ1n) is 10.2. The van der Waals surface area contributed by atoms with Crippen molar-refractivity contribution in [1.29, 1.82) is 0 Å². The van der Waals surface area contributed by atoms with Crippen LogP contribution in [0.5, 0.6) is 0 Å². The van der Waals surface area contributed by atoms with Gasteiger partial charge in [0.1, 0.15) is 0 Å². The molecule has 0 aliphatic heterocycles. The summed E-state index contributed by atoms with van der Waals surface area (Å²) in [7, 11) is 0. The molecular formula is C21H40O2. The maximum Gasteiger partial charge on any atom is 0.310 e. The van der Waals surface area contributed by atoms with E-state index >= 15 is 0 Å². The average molecular weight is 325 g/mol. The van der Waals surface area contributed by atoms with E-state index in [1.807, 2.05) is 13.0 Å². The lowest BCUT2D eigenvalue weighted by Gasteiger charge is -2.02. The first kappa shape index (κ1) is 22.2. The molecule has 0 bridgehead atoms. The Kier molecular flexibility index (Phi) is 18.6. The Labute approximate surface area is 145 Å². The van der Waals surface area contributed by atoms with Crippen molar-refractivity contribution < 1.29 is 9.53 Å². The number of esters is 1. The Hall–Kier alpha value is -0.790. The Bertz CT molecular complexity index is 271. The van der Waals surface area contributed by atoms with Gasteiger partial charge < -0.3 is 4.74 Å². The maximum absolute atomic E-state index is 11.1. The number of carbonyl (C=O) groups excluding carboxylic acids is 1. The molecule has 0 fully saturated rings. The lowest BCUT2D eigenvalue weighted by Crippen LogP contribution is -1.97. The molecule has 23 heavy (non-hydrogen) atoms. The van der Waals surface area contributed by atoms with Crippen LogP contribution in [0.4, 0.5) is 0 Å². The van der Waals surface area contributed by atoms with Crippen molar-refractivity contribution in [2.45, 2.75) is 117 Å². The summed E-state index contributed by atoms with van der Waals surface area (Å²) in [5.74, 6) is -0.117. The van der Waals surface area contributed by atoms with E-state index in [0.717, 1.165) is 12.8 Å². The highest BCUT2D eigenvalue weighted by Crippen LogP contribution is 2.13. The van der Waals surface area contributed by atoms with E-state index in [1.165, 1.54) is 83.5 Å². The minimum atomic E-state index is -0.117. The Balaban J connectivity index is 3.10. The Morgan fingerprint density at radius 2 is 1.17 bits per heavy atom. The van der Waals surface area contributed by atoms with Crippen molar-refractivity contribution >= 4 is 5.97 Å². The summed E-state index contributed by atoms with van der Waals surface area (Å²) >= 11 is 0. The third-order valence-corrected chi connectivity index (χ3v) is 4.22. The molecule has 2 heteroatoms. The minimum absolute atomic E-state index is 0.117. The van der Waals surface area contributed by atoms with Crippen molar-refractivity contribution in [2.24, 2.45) is 0 Å². The monoisotopic (exact) mass is 324 g/mol. The third kappa shape index (κ3) is 19.2. The van der Waals surface area contributed by atoms with E-state index in [1.54, 1.807) is 6.26 Å². The van der Waals surface area contributed by atoms with Gasteiger partial charge in [-0.15, -0.1) is 0 Å². The molecule has 0 atom stereocenters. The highest BCUT2D eigenvalue weighted by molar-refractivity contribution is 5.69. The predicted octanol–water partition coefficient (Wildman–Crippen LogP) is 7.32. The lowest BCUT2D eigenvalue weighted by atomic mass is 10.0.